The second-order valence-electron chi connectivity index (χ2n) is 5.63. The van der Waals surface area contributed by atoms with Crippen molar-refractivity contribution in [3.63, 3.8) is 0 Å². The molecule has 0 radical (unpaired) electrons. The van der Waals surface area contributed by atoms with E-state index in [0.717, 1.165) is 25.2 Å². The van der Waals surface area contributed by atoms with Gasteiger partial charge in [-0.05, 0) is 51.9 Å². The predicted octanol–water partition coefficient (Wildman–Crippen LogP) is 1.67. The Morgan fingerprint density at radius 3 is 2.85 bits per heavy atom. The summed E-state index contributed by atoms with van der Waals surface area (Å²) in [5.41, 5.74) is 6.96. The van der Waals surface area contributed by atoms with Crippen molar-refractivity contribution in [2.75, 3.05) is 13.6 Å². The monoisotopic (exact) mass is 293 g/mol. The van der Waals surface area contributed by atoms with Crippen LogP contribution in [0.1, 0.15) is 36.9 Å². The molecular weight excluding hydrogens is 270 g/mol. The van der Waals surface area contributed by atoms with E-state index in [2.05, 4.69) is 11.9 Å². The van der Waals surface area contributed by atoms with Crippen LogP contribution < -0.4 is 11.3 Å². The van der Waals surface area contributed by atoms with Gasteiger partial charge in [-0.25, -0.2) is 0 Å². The minimum atomic E-state index is -0.0593. The van der Waals surface area contributed by atoms with Gasteiger partial charge in [0.05, 0.1) is 5.56 Å². The van der Waals surface area contributed by atoms with Crippen molar-refractivity contribution in [3.8, 4) is 0 Å². The number of likely N-dealkylation sites (tertiary alicyclic amines) is 1. The molecular formula is C15H23N3OS. The maximum Gasteiger partial charge on any atom is 0.260 e. The van der Waals surface area contributed by atoms with Crippen molar-refractivity contribution in [3.05, 3.63) is 33.7 Å². The molecule has 2 heterocycles. The Bertz CT molecular complexity index is 553. The minimum Gasteiger partial charge on any atom is -0.389 e. The highest BCUT2D eigenvalue weighted by Gasteiger charge is 2.19. The lowest BCUT2D eigenvalue weighted by molar-refractivity contribution is 0.170. The second kappa shape index (κ2) is 6.50. The van der Waals surface area contributed by atoms with E-state index in [1.165, 1.54) is 19.3 Å². The van der Waals surface area contributed by atoms with Gasteiger partial charge in [-0.3, -0.25) is 4.79 Å². The van der Waals surface area contributed by atoms with Crippen LogP contribution in [0.4, 0.5) is 0 Å². The van der Waals surface area contributed by atoms with Gasteiger partial charge in [0.2, 0.25) is 0 Å². The molecule has 1 aromatic rings. The Kier molecular flexibility index (Phi) is 4.94. The van der Waals surface area contributed by atoms with Gasteiger partial charge in [-0.2, -0.15) is 0 Å². The number of rotatable bonds is 4. The number of pyridine rings is 1. The summed E-state index contributed by atoms with van der Waals surface area (Å²) in [7, 11) is 2.17. The topological polar surface area (TPSA) is 51.3 Å². The number of aryl methyl sites for hydroxylation is 1. The lowest BCUT2D eigenvalue weighted by Crippen LogP contribution is -2.38. The summed E-state index contributed by atoms with van der Waals surface area (Å²) >= 11 is 4.94. The Labute approximate surface area is 125 Å². The Morgan fingerprint density at radius 2 is 2.20 bits per heavy atom. The molecule has 0 amide bonds. The van der Waals surface area contributed by atoms with Crippen LogP contribution in [0.25, 0.3) is 0 Å². The first kappa shape index (κ1) is 15.2. The zero-order chi connectivity index (χ0) is 14.7. The summed E-state index contributed by atoms with van der Waals surface area (Å²) in [4.78, 5) is 15.0. The van der Waals surface area contributed by atoms with E-state index >= 15 is 0 Å². The third-order valence-electron chi connectivity index (χ3n) is 4.27. The Morgan fingerprint density at radius 1 is 1.45 bits per heavy atom. The van der Waals surface area contributed by atoms with Gasteiger partial charge in [0.1, 0.15) is 4.99 Å². The minimum absolute atomic E-state index is 0.0593. The lowest BCUT2D eigenvalue weighted by Gasteiger charge is -2.32. The SMILES string of the molecule is Cc1ccc(C(N)=S)c(=O)n1CCC1CCCCN1C. The molecule has 0 bridgehead atoms. The number of aromatic nitrogens is 1. The average Bonchev–Trinajstić information content (AvgIpc) is 2.40. The second-order valence-corrected chi connectivity index (χ2v) is 6.07. The molecule has 4 nitrogen and oxygen atoms in total. The maximum absolute atomic E-state index is 12.4. The van der Waals surface area contributed by atoms with Crippen LogP contribution in [-0.2, 0) is 6.54 Å². The summed E-state index contributed by atoms with van der Waals surface area (Å²) in [5, 5.41) is 0. The average molecular weight is 293 g/mol. The molecule has 1 fully saturated rings. The molecule has 0 saturated carbocycles. The summed E-state index contributed by atoms with van der Waals surface area (Å²) in [6.07, 6.45) is 4.79. The molecule has 1 aliphatic heterocycles. The van der Waals surface area contributed by atoms with Crippen molar-refractivity contribution in [2.45, 2.75) is 45.2 Å². The van der Waals surface area contributed by atoms with Gasteiger partial charge >= 0.3 is 0 Å². The standard InChI is InChI=1S/C15H23N3OS/c1-11-6-7-13(14(16)20)15(19)18(11)10-8-12-5-3-4-9-17(12)2/h6-7,12H,3-5,8-10H2,1-2H3,(H2,16,20). The quantitative estimate of drug-likeness (QED) is 0.858. The molecule has 2 N–H and O–H groups in total. The normalized spacial score (nSPS) is 20.0. The molecule has 5 heteroatoms. The number of thiocarbonyl (C=S) groups is 1. The summed E-state index contributed by atoms with van der Waals surface area (Å²) in [5.74, 6) is 0. The predicted molar refractivity (Wildman–Crippen MR) is 86.2 cm³/mol. The summed E-state index contributed by atoms with van der Waals surface area (Å²) < 4.78 is 1.80. The van der Waals surface area contributed by atoms with E-state index in [1.54, 1.807) is 10.6 Å². The van der Waals surface area contributed by atoms with Crippen molar-refractivity contribution in [1.82, 2.24) is 9.47 Å². The van der Waals surface area contributed by atoms with Crippen molar-refractivity contribution >= 4 is 17.2 Å². The fraction of sp³-hybridized carbons (Fsp3) is 0.600. The third-order valence-corrected chi connectivity index (χ3v) is 4.49. The van der Waals surface area contributed by atoms with Crippen LogP contribution in [0.15, 0.2) is 16.9 Å². The van der Waals surface area contributed by atoms with Crippen molar-refractivity contribution < 1.29 is 0 Å². The molecule has 1 atom stereocenters. The highest BCUT2D eigenvalue weighted by atomic mass is 32.1. The van der Waals surface area contributed by atoms with Crippen LogP contribution in [0.2, 0.25) is 0 Å². The van der Waals surface area contributed by atoms with Gasteiger partial charge in [0.25, 0.3) is 5.56 Å². The zero-order valence-corrected chi connectivity index (χ0v) is 13.1. The molecule has 1 aliphatic rings. The molecule has 0 aromatic carbocycles. The van der Waals surface area contributed by atoms with Crippen LogP contribution in [0, 0.1) is 6.92 Å². The van der Waals surface area contributed by atoms with E-state index < -0.39 is 0 Å². The third kappa shape index (κ3) is 3.27. The molecule has 110 valence electrons. The highest BCUT2D eigenvalue weighted by Crippen LogP contribution is 2.18. The van der Waals surface area contributed by atoms with E-state index in [1.807, 2.05) is 13.0 Å². The Balaban J connectivity index is 2.14. The van der Waals surface area contributed by atoms with Crippen LogP contribution in [0.3, 0.4) is 0 Å². The summed E-state index contributed by atoms with van der Waals surface area (Å²) in [6, 6.07) is 4.22. The number of hydrogen-bond donors (Lipinski definition) is 1. The molecule has 20 heavy (non-hydrogen) atoms. The molecule has 0 spiro atoms. The van der Waals surface area contributed by atoms with Gasteiger partial charge in [0.15, 0.2) is 0 Å². The Hall–Kier alpha value is -1.20. The molecule has 1 saturated heterocycles. The van der Waals surface area contributed by atoms with Crippen LogP contribution in [0.5, 0.6) is 0 Å². The first-order valence-corrected chi connectivity index (χ1v) is 7.62. The van der Waals surface area contributed by atoms with Crippen LogP contribution >= 0.6 is 12.2 Å². The fourth-order valence-electron chi connectivity index (χ4n) is 2.92. The first-order chi connectivity index (χ1) is 9.50. The fourth-order valence-corrected chi connectivity index (χ4v) is 3.08. The molecule has 1 unspecified atom stereocenters. The summed E-state index contributed by atoms with van der Waals surface area (Å²) in [6.45, 7) is 3.84. The maximum atomic E-state index is 12.4. The van der Waals surface area contributed by atoms with E-state index in [-0.39, 0.29) is 10.5 Å². The van der Waals surface area contributed by atoms with E-state index in [4.69, 9.17) is 18.0 Å². The number of nitrogens with zero attached hydrogens (tertiary/aromatic N) is 2. The van der Waals surface area contributed by atoms with Crippen LogP contribution in [-0.4, -0.2) is 34.1 Å². The van der Waals surface area contributed by atoms with Crippen molar-refractivity contribution in [2.24, 2.45) is 5.73 Å². The molecule has 1 aromatic heterocycles. The molecule has 0 aliphatic carbocycles. The highest BCUT2D eigenvalue weighted by molar-refractivity contribution is 7.80. The van der Waals surface area contributed by atoms with Crippen molar-refractivity contribution in [1.29, 1.82) is 0 Å². The first-order valence-electron chi connectivity index (χ1n) is 7.21. The van der Waals surface area contributed by atoms with Gasteiger partial charge < -0.3 is 15.2 Å². The number of hydrogen-bond acceptors (Lipinski definition) is 3. The van der Waals surface area contributed by atoms with E-state index in [9.17, 15) is 4.79 Å². The van der Waals surface area contributed by atoms with Gasteiger partial charge in [0, 0.05) is 18.3 Å². The molecule has 2 rings (SSSR count). The van der Waals surface area contributed by atoms with E-state index in [0.29, 0.717) is 11.6 Å². The van der Waals surface area contributed by atoms with Gasteiger partial charge in [-0.1, -0.05) is 18.6 Å². The zero-order valence-electron chi connectivity index (χ0n) is 12.3. The number of nitrogens with two attached hydrogens (primary N) is 1. The number of piperidine rings is 1. The van der Waals surface area contributed by atoms with Gasteiger partial charge in [-0.15, -0.1) is 0 Å². The lowest BCUT2D eigenvalue weighted by atomic mass is 10.00. The smallest absolute Gasteiger partial charge is 0.260 e. The largest absolute Gasteiger partial charge is 0.389 e.